The summed E-state index contributed by atoms with van der Waals surface area (Å²) in [6.07, 6.45) is 1.43. The number of hydrogen-bond donors (Lipinski definition) is 1. The standard InChI is InChI=1S/C25H30F3N3O4S2/c1-24(33,25(26,27)28)18-6-8-19(9-7-18)31-15-14-30(37(34,35)23-5-3-2-4-22(23)36)17-20(31)16-29-12-10-21(32)11-13-29/h2-3,5-9,20,33H,4,10-17H2,1H3/t20-,24+/m0/s1. The zero-order valence-corrected chi connectivity index (χ0v) is 22.1. The Morgan fingerprint density at radius 2 is 1.73 bits per heavy atom. The quantitative estimate of drug-likeness (QED) is 0.539. The fourth-order valence-electron chi connectivity index (χ4n) is 4.86. The van der Waals surface area contributed by atoms with Crippen LogP contribution in [0.5, 0.6) is 0 Å². The molecule has 0 saturated carbocycles. The van der Waals surface area contributed by atoms with E-state index in [1.807, 2.05) is 4.90 Å². The van der Waals surface area contributed by atoms with Crippen LogP contribution in [0.2, 0.25) is 0 Å². The molecule has 1 aromatic carbocycles. The Balaban J connectivity index is 1.59. The van der Waals surface area contributed by atoms with Crippen LogP contribution in [0, 0.1) is 0 Å². The fourth-order valence-corrected chi connectivity index (χ4v) is 6.93. The SMILES string of the molecule is C[C@@](O)(c1ccc(N2CCN(S(=O)(=O)C3=CC=CCC3=S)C[C@@H]2CN2CCC(=O)CC2)cc1)C(F)(F)F. The van der Waals surface area contributed by atoms with E-state index >= 15 is 0 Å². The summed E-state index contributed by atoms with van der Waals surface area (Å²) < 4.78 is 68.2. The van der Waals surface area contributed by atoms with E-state index in [1.54, 1.807) is 12.2 Å². The number of aliphatic hydroxyl groups is 1. The molecule has 4 rings (SSSR count). The Morgan fingerprint density at radius 3 is 2.32 bits per heavy atom. The Bertz CT molecular complexity index is 1200. The number of sulfonamides is 1. The maximum absolute atomic E-state index is 13.4. The van der Waals surface area contributed by atoms with Gasteiger partial charge >= 0.3 is 6.18 Å². The molecule has 37 heavy (non-hydrogen) atoms. The molecule has 0 amide bonds. The first-order valence-corrected chi connectivity index (χ1v) is 14.0. The highest BCUT2D eigenvalue weighted by Gasteiger charge is 2.51. The number of carbonyl (C=O) groups excluding carboxylic acids is 1. The third-order valence-corrected chi connectivity index (χ3v) is 9.69. The minimum atomic E-state index is -4.83. The lowest BCUT2D eigenvalue weighted by molar-refractivity contribution is -0.258. The van der Waals surface area contributed by atoms with Gasteiger partial charge in [0, 0.05) is 69.1 Å². The van der Waals surface area contributed by atoms with Gasteiger partial charge in [0.25, 0.3) is 0 Å². The van der Waals surface area contributed by atoms with Crippen LogP contribution >= 0.6 is 12.2 Å². The summed E-state index contributed by atoms with van der Waals surface area (Å²) in [5, 5.41) is 10.0. The molecule has 2 heterocycles. The van der Waals surface area contributed by atoms with Crippen LogP contribution in [0.1, 0.15) is 31.7 Å². The van der Waals surface area contributed by atoms with Crippen LogP contribution in [-0.2, 0) is 20.4 Å². The van der Waals surface area contributed by atoms with Gasteiger partial charge in [-0.15, -0.1) is 0 Å². The number of anilines is 1. The molecule has 2 fully saturated rings. The number of alkyl halides is 3. The number of piperazine rings is 1. The molecule has 1 N–H and O–H groups in total. The number of rotatable bonds is 6. The monoisotopic (exact) mass is 557 g/mol. The lowest BCUT2D eigenvalue weighted by Crippen LogP contribution is -2.59. The molecule has 202 valence electrons. The van der Waals surface area contributed by atoms with Gasteiger partial charge in [-0.2, -0.15) is 17.5 Å². The number of thiocarbonyl (C=S) groups is 1. The van der Waals surface area contributed by atoms with Crippen LogP contribution in [0.15, 0.2) is 47.4 Å². The van der Waals surface area contributed by atoms with E-state index in [9.17, 15) is 31.5 Å². The number of piperidine rings is 1. The average Bonchev–Trinajstić information content (AvgIpc) is 2.85. The molecule has 0 radical (unpaired) electrons. The van der Waals surface area contributed by atoms with Crippen molar-refractivity contribution in [3.63, 3.8) is 0 Å². The van der Waals surface area contributed by atoms with Crippen molar-refractivity contribution in [3.8, 4) is 0 Å². The highest BCUT2D eigenvalue weighted by Crippen LogP contribution is 2.39. The Labute approximate surface area is 220 Å². The number of carbonyl (C=O) groups is 1. The molecule has 0 unspecified atom stereocenters. The summed E-state index contributed by atoms with van der Waals surface area (Å²) in [4.78, 5) is 16.3. The fraction of sp³-hybridized carbons (Fsp3) is 0.520. The summed E-state index contributed by atoms with van der Waals surface area (Å²) in [6.45, 7) is 3.02. The summed E-state index contributed by atoms with van der Waals surface area (Å²) in [5.74, 6) is 0.194. The molecule has 7 nitrogen and oxygen atoms in total. The second-order valence-electron chi connectivity index (χ2n) is 9.75. The number of nitrogens with zero attached hydrogens (tertiary/aromatic N) is 3. The van der Waals surface area contributed by atoms with Gasteiger partial charge in [-0.05, 0) is 30.7 Å². The van der Waals surface area contributed by atoms with E-state index in [1.165, 1.54) is 34.6 Å². The molecular weight excluding hydrogens is 527 g/mol. The van der Waals surface area contributed by atoms with Gasteiger partial charge < -0.3 is 14.9 Å². The number of benzene rings is 1. The number of allylic oxidation sites excluding steroid dienone is 4. The number of ketones is 1. The van der Waals surface area contributed by atoms with Crippen molar-refractivity contribution in [2.45, 2.75) is 44.0 Å². The van der Waals surface area contributed by atoms with Gasteiger partial charge in [0.05, 0.1) is 10.9 Å². The van der Waals surface area contributed by atoms with Crippen LogP contribution in [0.4, 0.5) is 18.9 Å². The topological polar surface area (TPSA) is 81.2 Å². The van der Waals surface area contributed by atoms with Crippen LogP contribution in [0.3, 0.4) is 0 Å². The largest absolute Gasteiger partial charge is 0.421 e. The molecular formula is C25H30F3N3O4S2. The second-order valence-corrected chi connectivity index (χ2v) is 12.2. The van der Waals surface area contributed by atoms with Crippen molar-refractivity contribution in [3.05, 3.63) is 53.0 Å². The number of halogens is 3. The zero-order valence-electron chi connectivity index (χ0n) is 20.4. The molecule has 0 spiro atoms. The molecule has 1 aromatic rings. The van der Waals surface area contributed by atoms with Gasteiger partial charge in [-0.25, -0.2) is 8.42 Å². The summed E-state index contributed by atoms with van der Waals surface area (Å²) >= 11 is 5.31. The normalized spacial score (nSPS) is 24.2. The smallest absolute Gasteiger partial charge is 0.376 e. The average molecular weight is 558 g/mol. The second kappa shape index (κ2) is 10.6. The number of Topliss-reactive ketones (excluding diaryl/α,β-unsaturated/α-hetero) is 1. The van der Waals surface area contributed by atoms with Crippen molar-refractivity contribution in [1.29, 1.82) is 0 Å². The predicted molar refractivity (Wildman–Crippen MR) is 139 cm³/mol. The van der Waals surface area contributed by atoms with Crippen molar-refractivity contribution in [2.75, 3.05) is 44.2 Å². The number of likely N-dealkylation sites (tertiary alicyclic amines) is 1. The minimum absolute atomic E-state index is 0.125. The molecule has 12 heteroatoms. The summed E-state index contributed by atoms with van der Waals surface area (Å²) in [7, 11) is -3.82. The highest BCUT2D eigenvalue weighted by atomic mass is 32.2. The first-order valence-electron chi connectivity index (χ1n) is 12.1. The maximum atomic E-state index is 13.4. The highest BCUT2D eigenvalue weighted by molar-refractivity contribution is 7.96. The first kappa shape index (κ1) is 27.9. The minimum Gasteiger partial charge on any atom is -0.376 e. The molecule has 2 aliphatic heterocycles. The van der Waals surface area contributed by atoms with E-state index in [-0.39, 0.29) is 35.4 Å². The van der Waals surface area contributed by atoms with Gasteiger partial charge in [-0.1, -0.05) is 36.5 Å². The third kappa shape index (κ3) is 5.83. The molecule has 0 bridgehead atoms. The van der Waals surface area contributed by atoms with Crippen molar-refractivity contribution in [1.82, 2.24) is 9.21 Å². The van der Waals surface area contributed by atoms with E-state index < -0.39 is 21.8 Å². The third-order valence-electron chi connectivity index (χ3n) is 7.22. The Hall–Kier alpha value is -2.12. The molecule has 2 atom stereocenters. The zero-order chi connectivity index (χ0) is 27.0. The lowest BCUT2D eigenvalue weighted by Gasteiger charge is -2.44. The molecule has 2 saturated heterocycles. The molecule has 3 aliphatic rings. The molecule has 0 aromatic heterocycles. The van der Waals surface area contributed by atoms with Gasteiger partial charge in [-0.3, -0.25) is 4.79 Å². The number of hydrogen-bond acceptors (Lipinski definition) is 7. The predicted octanol–water partition coefficient (Wildman–Crippen LogP) is 3.16. The van der Waals surface area contributed by atoms with E-state index in [4.69, 9.17) is 12.2 Å². The van der Waals surface area contributed by atoms with Gasteiger partial charge in [0.1, 0.15) is 5.78 Å². The Morgan fingerprint density at radius 1 is 1.08 bits per heavy atom. The van der Waals surface area contributed by atoms with E-state index in [0.717, 1.165) is 0 Å². The van der Waals surface area contributed by atoms with Crippen molar-refractivity contribution in [2.24, 2.45) is 0 Å². The van der Waals surface area contributed by atoms with Gasteiger partial charge in [0.2, 0.25) is 10.0 Å². The van der Waals surface area contributed by atoms with Crippen LogP contribution in [0.25, 0.3) is 0 Å². The summed E-state index contributed by atoms with van der Waals surface area (Å²) in [5.41, 5.74) is -2.63. The maximum Gasteiger partial charge on any atom is 0.421 e. The van der Waals surface area contributed by atoms with Crippen molar-refractivity contribution >= 4 is 38.6 Å². The van der Waals surface area contributed by atoms with E-state index in [0.29, 0.717) is 62.9 Å². The summed E-state index contributed by atoms with van der Waals surface area (Å²) in [6, 6.07) is 5.24. The van der Waals surface area contributed by atoms with Crippen LogP contribution < -0.4 is 4.90 Å². The van der Waals surface area contributed by atoms with Gasteiger partial charge in [0.15, 0.2) is 5.60 Å². The van der Waals surface area contributed by atoms with Crippen LogP contribution in [-0.4, -0.2) is 84.9 Å². The molecule has 1 aliphatic carbocycles. The lowest BCUT2D eigenvalue weighted by atomic mass is 9.95. The Kier molecular flexibility index (Phi) is 7.97. The van der Waals surface area contributed by atoms with E-state index in [2.05, 4.69) is 4.90 Å². The van der Waals surface area contributed by atoms with Crippen molar-refractivity contribution < 1.29 is 31.5 Å². The first-order chi connectivity index (χ1) is 17.3.